The fourth-order valence-electron chi connectivity index (χ4n) is 2.77. The molecular formula is C23H26Cl2N2O4. The number of amides is 2. The molecule has 0 unspecified atom stereocenters. The second kappa shape index (κ2) is 11.7. The molecule has 0 bridgehead atoms. The lowest BCUT2D eigenvalue weighted by atomic mass is 10.0. The molecule has 0 heterocycles. The highest BCUT2D eigenvalue weighted by atomic mass is 35.5. The molecule has 0 saturated heterocycles. The largest absolute Gasteiger partial charge is 0.454 e. The second-order valence-corrected chi connectivity index (χ2v) is 8.35. The zero-order chi connectivity index (χ0) is 23.0. The standard InChI is InChI=1S/C23H26Cl2N2O4/c1-14(2)21(27-22(29)17-6-4-15(3)5-7-17)23(30)31-13-20(28)26-11-10-16-8-9-18(24)12-19(16)25/h4-9,12,14,21H,10-11,13H2,1-3H3,(H,26,28)(H,27,29)/t21-/m0/s1. The van der Waals surface area contributed by atoms with Crippen LogP contribution in [0.15, 0.2) is 42.5 Å². The predicted octanol–water partition coefficient (Wildman–Crippen LogP) is 3.96. The molecule has 31 heavy (non-hydrogen) atoms. The summed E-state index contributed by atoms with van der Waals surface area (Å²) < 4.78 is 5.12. The zero-order valence-electron chi connectivity index (χ0n) is 17.7. The molecule has 2 amide bonds. The van der Waals surface area contributed by atoms with Crippen molar-refractivity contribution in [2.45, 2.75) is 33.2 Å². The number of benzene rings is 2. The number of hydrogen-bond acceptors (Lipinski definition) is 4. The minimum atomic E-state index is -0.866. The van der Waals surface area contributed by atoms with Crippen molar-refractivity contribution in [3.63, 3.8) is 0 Å². The lowest BCUT2D eigenvalue weighted by Crippen LogP contribution is -2.46. The highest BCUT2D eigenvalue weighted by Crippen LogP contribution is 2.21. The van der Waals surface area contributed by atoms with Gasteiger partial charge < -0.3 is 15.4 Å². The number of esters is 1. The van der Waals surface area contributed by atoms with Gasteiger partial charge in [0.2, 0.25) is 0 Å². The second-order valence-electron chi connectivity index (χ2n) is 7.50. The van der Waals surface area contributed by atoms with E-state index in [4.69, 9.17) is 27.9 Å². The van der Waals surface area contributed by atoms with Crippen LogP contribution in [-0.2, 0) is 20.7 Å². The van der Waals surface area contributed by atoms with E-state index < -0.39 is 24.5 Å². The number of ether oxygens (including phenoxy) is 1. The van der Waals surface area contributed by atoms with Crippen LogP contribution >= 0.6 is 23.2 Å². The Morgan fingerprint density at radius 2 is 1.71 bits per heavy atom. The van der Waals surface area contributed by atoms with Crippen LogP contribution in [0, 0.1) is 12.8 Å². The number of rotatable bonds is 9. The summed E-state index contributed by atoms with van der Waals surface area (Å²) in [7, 11) is 0. The number of aryl methyl sites for hydroxylation is 1. The molecule has 0 aromatic heterocycles. The molecule has 2 aromatic rings. The Morgan fingerprint density at radius 1 is 1.03 bits per heavy atom. The summed E-state index contributed by atoms with van der Waals surface area (Å²) in [6, 6.07) is 11.3. The summed E-state index contributed by atoms with van der Waals surface area (Å²) in [5, 5.41) is 6.42. The zero-order valence-corrected chi connectivity index (χ0v) is 19.2. The summed E-state index contributed by atoms with van der Waals surface area (Å²) in [4.78, 5) is 36.9. The number of nitrogens with one attached hydrogen (secondary N) is 2. The normalized spacial score (nSPS) is 11.7. The molecule has 0 fully saturated rings. The monoisotopic (exact) mass is 464 g/mol. The highest BCUT2D eigenvalue weighted by Gasteiger charge is 2.26. The van der Waals surface area contributed by atoms with E-state index in [-0.39, 0.29) is 11.8 Å². The van der Waals surface area contributed by atoms with Crippen molar-refractivity contribution in [1.82, 2.24) is 10.6 Å². The van der Waals surface area contributed by atoms with Crippen LogP contribution in [0.4, 0.5) is 0 Å². The van der Waals surface area contributed by atoms with Gasteiger partial charge in [-0.2, -0.15) is 0 Å². The van der Waals surface area contributed by atoms with Gasteiger partial charge in [-0.3, -0.25) is 9.59 Å². The minimum absolute atomic E-state index is 0.211. The van der Waals surface area contributed by atoms with Crippen molar-refractivity contribution in [2.24, 2.45) is 5.92 Å². The van der Waals surface area contributed by atoms with Crippen molar-refractivity contribution in [2.75, 3.05) is 13.2 Å². The summed E-state index contributed by atoms with van der Waals surface area (Å²) in [5.41, 5.74) is 2.32. The molecule has 1 atom stereocenters. The lowest BCUT2D eigenvalue weighted by molar-refractivity contribution is -0.151. The Bertz CT molecular complexity index is 930. The molecule has 0 radical (unpaired) electrons. The maximum Gasteiger partial charge on any atom is 0.329 e. The van der Waals surface area contributed by atoms with Crippen molar-refractivity contribution in [3.8, 4) is 0 Å². The van der Waals surface area contributed by atoms with Crippen LogP contribution in [0.3, 0.4) is 0 Å². The van der Waals surface area contributed by atoms with Gasteiger partial charge in [-0.05, 0) is 49.1 Å². The van der Waals surface area contributed by atoms with E-state index in [9.17, 15) is 14.4 Å². The Balaban J connectivity index is 1.81. The highest BCUT2D eigenvalue weighted by molar-refractivity contribution is 6.35. The van der Waals surface area contributed by atoms with Gasteiger partial charge in [-0.1, -0.05) is 60.8 Å². The van der Waals surface area contributed by atoms with E-state index in [0.717, 1.165) is 11.1 Å². The van der Waals surface area contributed by atoms with Gasteiger partial charge in [0.1, 0.15) is 6.04 Å². The fraction of sp³-hybridized carbons (Fsp3) is 0.348. The first kappa shape index (κ1) is 24.7. The smallest absolute Gasteiger partial charge is 0.329 e. The molecule has 0 aliphatic heterocycles. The molecule has 6 nitrogen and oxygen atoms in total. The van der Waals surface area contributed by atoms with Crippen LogP contribution in [0.5, 0.6) is 0 Å². The van der Waals surface area contributed by atoms with E-state index >= 15 is 0 Å². The number of halogens is 2. The molecule has 0 aliphatic rings. The van der Waals surface area contributed by atoms with Gasteiger partial charge in [0.15, 0.2) is 6.61 Å². The van der Waals surface area contributed by atoms with Crippen molar-refractivity contribution >= 4 is 41.0 Å². The van der Waals surface area contributed by atoms with Gasteiger partial charge >= 0.3 is 5.97 Å². The van der Waals surface area contributed by atoms with E-state index in [2.05, 4.69) is 10.6 Å². The quantitative estimate of drug-likeness (QED) is 0.550. The van der Waals surface area contributed by atoms with Crippen LogP contribution in [0.1, 0.15) is 35.3 Å². The topological polar surface area (TPSA) is 84.5 Å². The molecule has 0 saturated carbocycles. The molecule has 0 spiro atoms. The predicted molar refractivity (Wildman–Crippen MR) is 121 cm³/mol. The van der Waals surface area contributed by atoms with Crippen LogP contribution in [0.25, 0.3) is 0 Å². The average Bonchev–Trinajstić information content (AvgIpc) is 2.72. The molecule has 0 aliphatic carbocycles. The number of hydrogen-bond donors (Lipinski definition) is 2. The van der Waals surface area contributed by atoms with Crippen molar-refractivity contribution in [1.29, 1.82) is 0 Å². The first-order chi connectivity index (χ1) is 14.7. The Morgan fingerprint density at radius 3 is 2.32 bits per heavy atom. The third-order valence-electron chi connectivity index (χ3n) is 4.60. The van der Waals surface area contributed by atoms with Gasteiger partial charge in [-0.25, -0.2) is 4.79 Å². The van der Waals surface area contributed by atoms with Gasteiger partial charge in [0, 0.05) is 22.2 Å². The van der Waals surface area contributed by atoms with Crippen LogP contribution in [0.2, 0.25) is 10.0 Å². The van der Waals surface area contributed by atoms with Gasteiger partial charge in [0.05, 0.1) is 0 Å². The molecular weight excluding hydrogens is 439 g/mol. The third kappa shape index (κ3) is 7.89. The fourth-order valence-corrected chi connectivity index (χ4v) is 3.27. The van der Waals surface area contributed by atoms with Gasteiger partial charge in [0.25, 0.3) is 11.8 Å². The average molecular weight is 465 g/mol. The van der Waals surface area contributed by atoms with E-state index in [0.29, 0.717) is 28.6 Å². The first-order valence-corrected chi connectivity index (χ1v) is 10.7. The van der Waals surface area contributed by atoms with E-state index in [1.54, 1.807) is 44.2 Å². The minimum Gasteiger partial charge on any atom is -0.454 e. The maximum absolute atomic E-state index is 12.4. The summed E-state index contributed by atoms with van der Waals surface area (Å²) in [6.45, 7) is 5.39. The van der Waals surface area contributed by atoms with E-state index in [1.165, 1.54) is 0 Å². The number of carbonyl (C=O) groups excluding carboxylic acids is 3. The summed E-state index contributed by atoms with van der Waals surface area (Å²) in [6.07, 6.45) is 0.511. The third-order valence-corrected chi connectivity index (χ3v) is 5.19. The van der Waals surface area contributed by atoms with Crippen molar-refractivity contribution < 1.29 is 19.1 Å². The summed E-state index contributed by atoms with van der Waals surface area (Å²) in [5.74, 6) is -1.69. The van der Waals surface area contributed by atoms with Crippen LogP contribution < -0.4 is 10.6 Å². The lowest BCUT2D eigenvalue weighted by Gasteiger charge is -2.21. The van der Waals surface area contributed by atoms with Gasteiger partial charge in [-0.15, -0.1) is 0 Å². The Hall–Kier alpha value is -2.57. The SMILES string of the molecule is Cc1ccc(C(=O)N[C@H](C(=O)OCC(=O)NCCc2ccc(Cl)cc2Cl)C(C)C)cc1. The van der Waals surface area contributed by atoms with E-state index in [1.807, 2.05) is 19.1 Å². The Labute approximate surface area is 192 Å². The van der Waals surface area contributed by atoms with Crippen molar-refractivity contribution in [3.05, 3.63) is 69.2 Å². The molecule has 2 N–H and O–H groups in total. The van der Waals surface area contributed by atoms with Crippen LogP contribution in [-0.4, -0.2) is 37.0 Å². The molecule has 2 aromatic carbocycles. The molecule has 8 heteroatoms. The summed E-state index contributed by atoms with van der Waals surface area (Å²) >= 11 is 12.0. The first-order valence-electron chi connectivity index (χ1n) is 9.92. The maximum atomic E-state index is 12.4. The molecule has 166 valence electrons. The molecule has 2 rings (SSSR count). The number of carbonyl (C=O) groups is 3. The Kier molecular flexibility index (Phi) is 9.34.